The standard InChI is InChI=1S/C16H21NO4/c1-16(15(20)21,12-5-3-2-4-6-12)11-14(19)17(9-10-18)13-7-8-13/h2-6,13,18H,7-11H2,1H3,(H,20,21). The van der Waals surface area contributed by atoms with Crippen LogP contribution < -0.4 is 0 Å². The summed E-state index contributed by atoms with van der Waals surface area (Å²) in [6.07, 6.45) is 1.77. The fourth-order valence-corrected chi connectivity index (χ4v) is 2.52. The quantitative estimate of drug-likeness (QED) is 0.796. The van der Waals surface area contributed by atoms with Gasteiger partial charge >= 0.3 is 5.97 Å². The molecule has 0 aromatic heterocycles. The zero-order valence-electron chi connectivity index (χ0n) is 12.2. The summed E-state index contributed by atoms with van der Waals surface area (Å²) >= 11 is 0. The Morgan fingerprint density at radius 2 is 1.90 bits per heavy atom. The van der Waals surface area contributed by atoms with Crippen LogP contribution >= 0.6 is 0 Å². The molecule has 1 fully saturated rings. The van der Waals surface area contributed by atoms with E-state index < -0.39 is 11.4 Å². The van der Waals surface area contributed by atoms with Crippen molar-refractivity contribution in [3.63, 3.8) is 0 Å². The van der Waals surface area contributed by atoms with Gasteiger partial charge in [0, 0.05) is 19.0 Å². The molecular weight excluding hydrogens is 270 g/mol. The monoisotopic (exact) mass is 291 g/mol. The summed E-state index contributed by atoms with van der Waals surface area (Å²) < 4.78 is 0. The van der Waals surface area contributed by atoms with E-state index in [0.717, 1.165) is 12.8 Å². The van der Waals surface area contributed by atoms with Crippen molar-refractivity contribution in [2.75, 3.05) is 13.2 Å². The van der Waals surface area contributed by atoms with Crippen LogP contribution in [0.1, 0.15) is 31.7 Å². The number of carbonyl (C=O) groups excluding carboxylic acids is 1. The summed E-state index contributed by atoms with van der Waals surface area (Å²) in [6.45, 7) is 1.75. The summed E-state index contributed by atoms with van der Waals surface area (Å²) in [4.78, 5) is 25.8. The topological polar surface area (TPSA) is 77.8 Å². The number of rotatable bonds is 7. The van der Waals surface area contributed by atoms with Crippen molar-refractivity contribution in [2.45, 2.75) is 37.6 Å². The number of hydrogen-bond donors (Lipinski definition) is 2. The van der Waals surface area contributed by atoms with Gasteiger partial charge in [0.05, 0.1) is 12.0 Å². The van der Waals surface area contributed by atoms with Crippen LogP contribution in [0.2, 0.25) is 0 Å². The lowest BCUT2D eigenvalue weighted by Gasteiger charge is -2.29. The molecule has 1 amide bonds. The maximum atomic E-state index is 12.5. The second-order valence-electron chi connectivity index (χ2n) is 5.72. The van der Waals surface area contributed by atoms with Crippen molar-refractivity contribution >= 4 is 11.9 Å². The fourth-order valence-electron chi connectivity index (χ4n) is 2.52. The third kappa shape index (κ3) is 3.42. The van der Waals surface area contributed by atoms with Gasteiger partial charge in [0.2, 0.25) is 5.91 Å². The van der Waals surface area contributed by atoms with Crippen LogP contribution in [-0.2, 0) is 15.0 Å². The summed E-state index contributed by atoms with van der Waals surface area (Å²) in [7, 11) is 0. The minimum absolute atomic E-state index is 0.0944. The van der Waals surface area contributed by atoms with Gasteiger partial charge in [0.15, 0.2) is 0 Å². The lowest BCUT2D eigenvalue weighted by molar-refractivity contribution is -0.147. The Morgan fingerprint density at radius 3 is 2.38 bits per heavy atom. The molecule has 1 aromatic rings. The van der Waals surface area contributed by atoms with Crippen LogP contribution in [0.3, 0.4) is 0 Å². The molecule has 2 N–H and O–H groups in total. The number of aliphatic hydroxyl groups excluding tert-OH is 1. The second-order valence-corrected chi connectivity index (χ2v) is 5.72. The van der Waals surface area contributed by atoms with E-state index in [9.17, 15) is 14.7 Å². The molecule has 0 aliphatic heterocycles. The number of nitrogens with zero attached hydrogens (tertiary/aromatic N) is 1. The van der Waals surface area contributed by atoms with Gasteiger partial charge in [-0.1, -0.05) is 30.3 Å². The van der Waals surface area contributed by atoms with Crippen molar-refractivity contribution in [3.8, 4) is 0 Å². The number of carboxylic acids is 1. The maximum absolute atomic E-state index is 12.5. The first-order chi connectivity index (χ1) is 9.99. The first-order valence-corrected chi connectivity index (χ1v) is 7.18. The van der Waals surface area contributed by atoms with Crippen LogP contribution in [0.25, 0.3) is 0 Å². The van der Waals surface area contributed by atoms with Gasteiger partial charge in [-0.3, -0.25) is 9.59 Å². The first-order valence-electron chi connectivity index (χ1n) is 7.18. The summed E-state index contributed by atoms with van der Waals surface area (Å²) in [5.41, 5.74) is -0.633. The normalized spacial score (nSPS) is 17.0. The highest BCUT2D eigenvalue weighted by Gasteiger charge is 2.41. The van der Waals surface area contributed by atoms with Gasteiger partial charge in [-0.2, -0.15) is 0 Å². The molecule has 114 valence electrons. The van der Waals surface area contributed by atoms with Crippen molar-refractivity contribution < 1.29 is 19.8 Å². The Hall–Kier alpha value is -1.88. The zero-order valence-corrected chi connectivity index (χ0v) is 12.2. The minimum atomic E-state index is -1.25. The Morgan fingerprint density at radius 1 is 1.29 bits per heavy atom. The molecule has 0 spiro atoms. The van der Waals surface area contributed by atoms with E-state index in [4.69, 9.17) is 5.11 Å². The van der Waals surface area contributed by atoms with E-state index in [1.54, 1.807) is 36.1 Å². The molecule has 5 nitrogen and oxygen atoms in total. The highest BCUT2D eigenvalue weighted by Crippen LogP contribution is 2.32. The second kappa shape index (κ2) is 6.26. The van der Waals surface area contributed by atoms with Gasteiger partial charge in [-0.15, -0.1) is 0 Å². The van der Waals surface area contributed by atoms with Gasteiger partial charge < -0.3 is 15.1 Å². The van der Waals surface area contributed by atoms with Crippen LogP contribution in [0.5, 0.6) is 0 Å². The van der Waals surface area contributed by atoms with Crippen molar-refractivity contribution in [2.24, 2.45) is 0 Å². The van der Waals surface area contributed by atoms with Crippen LogP contribution in [-0.4, -0.2) is 46.2 Å². The van der Waals surface area contributed by atoms with Gasteiger partial charge in [-0.25, -0.2) is 0 Å². The van der Waals surface area contributed by atoms with Crippen LogP contribution in [0, 0.1) is 0 Å². The minimum Gasteiger partial charge on any atom is -0.481 e. The van der Waals surface area contributed by atoms with E-state index in [1.165, 1.54) is 0 Å². The summed E-state index contributed by atoms with van der Waals surface area (Å²) in [6, 6.07) is 8.99. The van der Waals surface area contributed by atoms with Gasteiger partial charge in [0.1, 0.15) is 0 Å². The van der Waals surface area contributed by atoms with Crippen LogP contribution in [0.15, 0.2) is 30.3 Å². The summed E-state index contributed by atoms with van der Waals surface area (Å²) in [5, 5.41) is 18.7. The van der Waals surface area contributed by atoms with Gasteiger partial charge in [-0.05, 0) is 25.3 Å². The number of aliphatic hydroxyl groups is 1. The Bertz CT molecular complexity index is 512. The molecular formula is C16H21NO4. The van der Waals surface area contributed by atoms with E-state index in [2.05, 4.69) is 0 Å². The fraction of sp³-hybridized carbons (Fsp3) is 0.500. The number of benzene rings is 1. The molecule has 1 unspecified atom stereocenters. The molecule has 0 bridgehead atoms. The number of amides is 1. The largest absolute Gasteiger partial charge is 0.481 e. The molecule has 5 heteroatoms. The number of carbonyl (C=O) groups is 2. The van der Waals surface area contributed by atoms with E-state index in [0.29, 0.717) is 5.56 Å². The zero-order chi connectivity index (χ0) is 15.5. The van der Waals surface area contributed by atoms with Gasteiger partial charge in [0.25, 0.3) is 0 Å². The molecule has 2 rings (SSSR count). The molecule has 0 radical (unpaired) electrons. The molecule has 0 saturated heterocycles. The summed E-state index contributed by atoms with van der Waals surface area (Å²) in [5.74, 6) is -1.22. The SMILES string of the molecule is CC(CC(=O)N(CCO)C1CC1)(C(=O)O)c1ccccc1. The average molecular weight is 291 g/mol. The number of aliphatic carboxylic acids is 1. The number of hydrogen-bond acceptors (Lipinski definition) is 3. The predicted molar refractivity (Wildman–Crippen MR) is 77.9 cm³/mol. The van der Waals surface area contributed by atoms with Crippen molar-refractivity contribution in [3.05, 3.63) is 35.9 Å². The van der Waals surface area contributed by atoms with Crippen molar-refractivity contribution in [1.29, 1.82) is 0 Å². The average Bonchev–Trinajstić information content (AvgIpc) is 3.29. The van der Waals surface area contributed by atoms with E-state index >= 15 is 0 Å². The first kappa shape index (κ1) is 15.5. The molecule has 1 aliphatic rings. The molecule has 21 heavy (non-hydrogen) atoms. The molecule has 1 saturated carbocycles. The molecule has 1 aliphatic carbocycles. The molecule has 1 aromatic carbocycles. The Kier molecular flexibility index (Phi) is 4.63. The Labute approximate surface area is 124 Å². The predicted octanol–water partition coefficient (Wildman–Crippen LogP) is 1.40. The lowest BCUT2D eigenvalue weighted by atomic mass is 9.79. The smallest absolute Gasteiger partial charge is 0.314 e. The third-order valence-electron chi connectivity index (χ3n) is 4.04. The molecule has 0 heterocycles. The van der Waals surface area contributed by atoms with E-state index in [1.807, 2.05) is 6.07 Å². The van der Waals surface area contributed by atoms with E-state index in [-0.39, 0.29) is 31.5 Å². The maximum Gasteiger partial charge on any atom is 0.314 e. The lowest BCUT2D eigenvalue weighted by Crippen LogP contribution is -2.42. The molecule has 1 atom stereocenters. The van der Waals surface area contributed by atoms with Crippen LogP contribution in [0.4, 0.5) is 0 Å². The number of carboxylic acid groups (broad SMARTS) is 1. The highest BCUT2D eigenvalue weighted by molar-refractivity contribution is 5.89. The van der Waals surface area contributed by atoms with Crippen molar-refractivity contribution in [1.82, 2.24) is 4.90 Å². The third-order valence-corrected chi connectivity index (χ3v) is 4.04. The highest BCUT2D eigenvalue weighted by atomic mass is 16.4. The Balaban J connectivity index is 2.19.